The van der Waals surface area contributed by atoms with Crippen LogP contribution in [0.25, 0.3) is 0 Å². The molecule has 0 saturated heterocycles. The van der Waals surface area contributed by atoms with Gasteiger partial charge < -0.3 is 10.1 Å². The third-order valence-corrected chi connectivity index (χ3v) is 1.59. The van der Waals surface area contributed by atoms with E-state index in [1.54, 1.807) is 7.05 Å². The summed E-state index contributed by atoms with van der Waals surface area (Å²) in [6, 6.07) is 0. The quantitative estimate of drug-likeness (QED) is 0.398. The summed E-state index contributed by atoms with van der Waals surface area (Å²) in [6.45, 7) is 7.93. The molecule has 0 spiro atoms. The monoisotopic (exact) mass is 183 g/mol. The van der Waals surface area contributed by atoms with Crippen LogP contribution in [-0.4, -0.2) is 14.5 Å². The molecule has 72 valence electrons. The Morgan fingerprint density at radius 1 is 1.69 bits per heavy atom. The molecule has 1 heterocycles. The highest BCUT2D eigenvalue weighted by atomic mass is 16.6. The number of nitro groups is 1. The van der Waals surface area contributed by atoms with Gasteiger partial charge in [0, 0.05) is 6.42 Å². The van der Waals surface area contributed by atoms with Gasteiger partial charge in [0.15, 0.2) is 0 Å². The van der Waals surface area contributed by atoms with E-state index in [1.807, 2.05) is 6.92 Å². The Balaban J connectivity index is 0.000000671. The van der Waals surface area contributed by atoms with Crippen molar-refractivity contribution in [3.63, 3.8) is 0 Å². The third-order valence-electron chi connectivity index (χ3n) is 1.59. The van der Waals surface area contributed by atoms with Crippen molar-refractivity contribution in [3.8, 4) is 0 Å². The third kappa shape index (κ3) is 2.40. The molecule has 0 atom stereocenters. The predicted octanol–water partition coefficient (Wildman–Crippen LogP) is 1.69. The zero-order chi connectivity index (χ0) is 10.4. The van der Waals surface area contributed by atoms with Crippen LogP contribution >= 0.6 is 0 Å². The fourth-order valence-corrected chi connectivity index (χ4v) is 0.932. The number of hydrogen-bond acceptors (Lipinski definition) is 3. The largest absolute Gasteiger partial charge is 0.434 e. The van der Waals surface area contributed by atoms with Crippen molar-refractivity contribution < 1.29 is 4.92 Å². The van der Waals surface area contributed by atoms with Gasteiger partial charge in [0.1, 0.15) is 11.9 Å². The van der Waals surface area contributed by atoms with Gasteiger partial charge in [-0.1, -0.05) is 11.9 Å². The van der Waals surface area contributed by atoms with E-state index in [0.29, 0.717) is 0 Å². The van der Waals surface area contributed by atoms with E-state index in [4.69, 9.17) is 0 Å². The molecule has 5 heteroatoms. The van der Waals surface area contributed by atoms with Gasteiger partial charge in [-0.05, 0) is 4.92 Å². The first kappa shape index (κ1) is 11.4. The van der Waals surface area contributed by atoms with Gasteiger partial charge >= 0.3 is 5.95 Å². The molecule has 0 radical (unpaired) electrons. The molecule has 0 saturated carbocycles. The molecule has 0 aliphatic heterocycles. The SMILES string of the molecule is C=C.CCc1cnc([N+](=O)[O-])n1C. The first-order chi connectivity index (χ1) is 6.16. The van der Waals surface area contributed by atoms with Crippen LogP contribution in [0.2, 0.25) is 0 Å². The van der Waals surface area contributed by atoms with Crippen LogP contribution in [0.1, 0.15) is 12.6 Å². The summed E-state index contributed by atoms with van der Waals surface area (Å²) in [7, 11) is 1.64. The van der Waals surface area contributed by atoms with Gasteiger partial charge in [0.2, 0.25) is 0 Å². The summed E-state index contributed by atoms with van der Waals surface area (Å²) in [4.78, 5) is 13.4. The molecular weight excluding hydrogens is 170 g/mol. The average Bonchev–Trinajstić information content (AvgIpc) is 2.50. The molecule has 0 N–H and O–H groups in total. The molecule has 0 amide bonds. The number of rotatable bonds is 2. The normalized spacial score (nSPS) is 8.77. The molecule has 13 heavy (non-hydrogen) atoms. The van der Waals surface area contributed by atoms with Crippen molar-refractivity contribution in [2.24, 2.45) is 7.05 Å². The van der Waals surface area contributed by atoms with Crippen molar-refractivity contribution in [2.75, 3.05) is 0 Å². The maximum atomic E-state index is 10.3. The number of imidazole rings is 1. The Kier molecular flexibility index (Phi) is 4.43. The second kappa shape index (κ2) is 5.08. The fraction of sp³-hybridized carbons (Fsp3) is 0.375. The summed E-state index contributed by atoms with van der Waals surface area (Å²) in [5.74, 6) is -0.0955. The molecule has 0 unspecified atom stereocenters. The number of aromatic nitrogens is 2. The van der Waals surface area contributed by atoms with Crippen molar-refractivity contribution in [3.05, 3.63) is 35.2 Å². The van der Waals surface area contributed by atoms with Gasteiger partial charge in [0.25, 0.3) is 0 Å². The van der Waals surface area contributed by atoms with E-state index < -0.39 is 4.92 Å². The van der Waals surface area contributed by atoms with Crippen LogP contribution in [0.15, 0.2) is 19.4 Å². The lowest BCUT2D eigenvalue weighted by Crippen LogP contribution is -2.00. The first-order valence-electron chi connectivity index (χ1n) is 3.81. The average molecular weight is 183 g/mol. The minimum atomic E-state index is -0.487. The minimum absolute atomic E-state index is 0.0955. The lowest BCUT2D eigenvalue weighted by molar-refractivity contribution is -0.396. The molecule has 1 aromatic rings. The Hall–Kier alpha value is -1.65. The van der Waals surface area contributed by atoms with E-state index >= 15 is 0 Å². The van der Waals surface area contributed by atoms with Crippen LogP contribution in [0.3, 0.4) is 0 Å². The van der Waals surface area contributed by atoms with E-state index in [0.717, 1.165) is 12.1 Å². The maximum absolute atomic E-state index is 10.3. The lowest BCUT2D eigenvalue weighted by atomic mass is 10.4. The van der Waals surface area contributed by atoms with Gasteiger partial charge in [0.05, 0.1) is 7.05 Å². The molecule has 0 fully saturated rings. The molecule has 1 rings (SSSR count). The first-order valence-corrected chi connectivity index (χ1v) is 3.81. The summed E-state index contributed by atoms with van der Waals surface area (Å²) >= 11 is 0. The van der Waals surface area contributed by atoms with E-state index in [1.165, 1.54) is 10.8 Å². The van der Waals surface area contributed by atoms with E-state index in [2.05, 4.69) is 18.1 Å². The van der Waals surface area contributed by atoms with Gasteiger partial charge in [-0.15, -0.1) is 13.2 Å². The summed E-state index contributed by atoms with van der Waals surface area (Å²) in [5.41, 5.74) is 0.872. The second-order valence-corrected chi connectivity index (χ2v) is 2.22. The molecule has 0 aliphatic carbocycles. The van der Waals surface area contributed by atoms with E-state index in [9.17, 15) is 10.1 Å². The molecule has 0 bridgehead atoms. The van der Waals surface area contributed by atoms with Gasteiger partial charge in [-0.2, -0.15) is 0 Å². The second-order valence-electron chi connectivity index (χ2n) is 2.22. The number of nitrogens with zero attached hydrogens (tertiary/aromatic N) is 3. The van der Waals surface area contributed by atoms with E-state index in [-0.39, 0.29) is 5.95 Å². The summed E-state index contributed by atoms with van der Waals surface area (Å²) < 4.78 is 1.49. The molecule has 0 aromatic carbocycles. The van der Waals surface area contributed by atoms with Gasteiger partial charge in [-0.25, -0.2) is 4.57 Å². The zero-order valence-electron chi connectivity index (χ0n) is 7.86. The fourth-order valence-electron chi connectivity index (χ4n) is 0.932. The van der Waals surface area contributed by atoms with Gasteiger partial charge in [-0.3, -0.25) is 0 Å². The van der Waals surface area contributed by atoms with Crippen LogP contribution < -0.4 is 0 Å². The minimum Gasteiger partial charge on any atom is -0.390 e. The van der Waals surface area contributed by atoms with Crippen molar-refractivity contribution in [1.29, 1.82) is 0 Å². The molecular formula is C8H13N3O2. The molecule has 1 aromatic heterocycles. The maximum Gasteiger partial charge on any atom is 0.434 e. The topological polar surface area (TPSA) is 61.0 Å². The Morgan fingerprint density at radius 3 is 2.46 bits per heavy atom. The smallest absolute Gasteiger partial charge is 0.390 e. The molecule has 5 nitrogen and oxygen atoms in total. The Morgan fingerprint density at radius 2 is 2.23 bits per heavy atom. The van der Waals surface area contributed by atoms with Crippen molar-refractivity contribution in [1.82, 2.24) is 9.55 Å². The Bertz CT molecular complexity index is 294. The highest BCUT2D eigenvalue weighted by Gasteiger charge is 2.14. The predicted molar refractivity (Wildman–Crippen MR) is 50.5 cm³/mol. The van der Waals surface area contributed by atoms with Crippen LogP contribution in [0, 0.1) is 10.1 Å². The standard InChI is InChI=1S/C6H9N3O2.C2H4/c1-3-5-4-7-6(8(5)2)9(10)11;1-2/h4H,3H2,1-2H3;1-2H2. The van der Waals surface area contributed by atoms with Crippen LogP contribution in [0.4, 0.5) is 5.95 Å². The summed E-state index contributed by atoms with van der Waals surface area (Å²) in [6.07, 6.45) is 2.29. The lowest BCUT2D eigenvalue weighted by Gasteiger charge is -1.95. The number of aryl methyl sites for hydroxylation is 1. The van der Waals surface area contributed by atoms with Crippen molar-refractivity contribution in [2.45, 2.75) is 13.3 Å². The summed E-state index contributed by atoms with van der Waals surface area (Å²) in [5, 5.41) is 10.3. The van der Waals surface area contributed by atoms with Crippen molar-refractivity contribution >= 4 is 5.95 Å². The van der Waals surface area contributed by atoms with Crippen LogP contribution in [0.5, 0.6) is 0 Å². The van der Waals surface area contributed by atoms with Crippen LogP contribution in [-0.2, 0) is 13.5 Å². The molecule has 0 aliphatic rings. The Labute approximate surface area is 76.9 Å². The highest BCUT2D eigenvalue weighted by molar-refractivity contribution is 5.14. The highest BCUT2D eigenvalue weighted by Crippen LogP contribution is 2.10. The number of hydrogen-bond donors (Lipinski definition) is 0. The zero-order valence-corrected chi connectivity index (χ0v) is 7.86.